The summed E-state index contributed by atoms with van der Waals surface area (Å²) in [7, 11) is 2.03. The monoisotopic (exact) mass is 357 g/mol. The van der Waals surface area contributed by atoms with Gasteiger partial charge in [0.05, 0.1) is 5.02 Å². The molecule has 0 amide bonds. The number of hydrogen-bond donors (Lipinski definition) is 0. The summed E-state index contributed by atoms with van der Waals surface area (Å²) >= 11 is 6.32. The highest BCUT2D eigenvalue weighted by Crippen LogP contribution is 2.31. The van der Waals surface area contributed by atoms with E-state index in [1.54, 1.807) is 12.4 Å². The summed E-state index contributed by atoms with van der Waals surface area (Å²) in [4.78, 5) is 6.70. The van der Waals surface area contributed by atoms with Gasteiger partial charge in [-0.3, -0.25) is 4.68 Å². The van der Waals surface area contributed by atoms with Crippen LogP contribution in [-0.2, 0) is 13.6 Å². The Kier molecular flexibility index (Phi) is 4.40. The molecule has 1 aliphatic rings. The molecule has 4 heterocycles. The van der Waals surface area contributed by atoms with Crippen LogP contribution < -0.4 is 4.90 Å². The molecule has 3 aromatic heterocycles. The summed E-state index contributed by atoms with van der Waals surface area (Å²) in [6.45, 7) is 2.44. The van der Waals surface area contributed by atoms with Crippen LogP contribution in [-0.4, -0.2) is 42.6 Å². The zero-order valence-electron chi connectivity index (χ0n) is 14.1. The van der Waals surface area contributed by atoms with Crippen LogP contribution in [0.3, 0.4) is 0 Å². The fraction of sp³-hybridized carbons (Fsp3) is 0.412. The average molecular weight is 358 g/mol. The van der Waals surface area contributed by atoms with Crippen molar-refractivity contribution >= 4 is 17.4 Å². The molecule has 0 N–H and O–H groups in total. The summed E-state index contributed by atoms with van der Waals surface area (Å²) in [5.41, 5.74) is 0. The fourth-order valence-corrected chi connectivity index (χ4v) is 3.64. The third-order valence-corrected chi connectivity index (χ3v) is 4.98. The first-order valence-corrected chi connectivity index (χ1v) is 8.81. The van der Waals surface area contributed by atoms with Gasteiger partial charge in [0.1, 0.15) is 18.2 Å². The molecule has 4 rings (SSSR count). The summed E-state index contributed by atoms with van der Waals surface area (Å²) < 4.78 is 3.95. The molecule has 130 valence electrons. The molecule has 1 atom stereocenters. The number of rotatable bonds is 4. The van der Waals surface area contributed by atoms with E-state index in [2.05, 4.69) is 29.7 Å². The standard InChI is InChI=1S/C17H20ClN7/c1-23-15(12-25-10-4-8-20-25)21-22-16(23)13-5-3-9-24(11-13)17-14(18)6-2-7-19-17/h2,4,6-8,10,13H,3,5,9,11-12H2,1H3/t13-/m1/s1. The lowest BCUT2D eigenvalue weighted by molar-refractivity contribution is 0.475. The van der Waals surface area contributed by atoms with E-state index >= 15 is 0 Å². The highest BCUT2D eigenvalue weighted by atomic mass is 35.5. The van der Waals surface area contributed by atoms with E-state index in [0.717, 1.165) is 43.4 Å². The topological polar surface area (TPSA) is 64.7 Å². The molecule has 0 radical (unpaired) electrons. The highest BCUT2D eigenvalue weighted by molar-refractivity contribution is 6.32. The van der Waals surface area contributed by atoms with Gasteiger partial charge in [-0.2, -0.15) is 5.10 Å². The first-order valence-electron chi connectivity index (χ1n) is 8.43. The first-order chi connectivity index (χ1) is 12.2. The van der Waals surface area contributed by atoms with E-state index < -0.39 is 0 Å². The van der Waals surface area contributed by atoms with Crippen molar-refractivity contribution in [1.29, 1.82) is 0 Å². The first kappa shape index (κ1) is 16.1. The molecule has 3 aromatic rings. The Bertz CT molecular complexity index is 843. The molecule has 0 aromatic carbocycles. The minimum atomic E-state index is 0.315. The highest BCUT2D eigenvalue weighted by Gasteiger charge is 2.27. The van der Waals surface area contributed by atoms with Crippen molar-refractivity contribution in [1.82, 2.24) is 29.5 Å². The number of aromatic nitrogens is 6. The van der Waals surface area contributed by atoms with Crippen LogP contribution in [0.1, 0.15) is 30.4 Å². The predicted octanol–water partition coefficient (Wildman–Crippen LogP) is 2.49. The molecule has 0 bridgehead atoms. The summed E-state index contributed by atoms with van der Waals surface area (Å²) in [6.07, 6.45) is 7.66. The van der Waals surface area contributed by atoms with Crippen LogP contribution in [0.5, 0.6) is 0 Å². The second-order valence-corrected chi connectivity index (χ2v) is 6.74. The van der Waals surface area contributed by atoms with Crippen LogP contribution in [0.25, 0.3) is 0 Å². The zero-order chi connectivity index (χ0) is 17.2. The summed E-state index contributed by atoms with van der Waals surface area (Å²) in [6, 6.07) is 5.66. The van der Waals surface area contributed by atoms with Gasteiger partial charge in [-0.05, 0) is 31.0 Å². The minimum Gasteiger partial charge on any atom is -0.355 e. The van der Waals surface area contributed by atoms with E-state index in [1.165, 1.54) is 0 Å². The zero-order valence-corrected chi connectivity index (χ0v) is 14.8. The van der Waals surface area contributed by atoms with Gasteiger partial charge in [0.15, 0.2) is 5.82 Å². The van der Waals surface area contributed by atoms with Gasteiger partial charge in [0.25, 0.3) is 0 Å². The second kappa shape index (κ2) is 6.84. The van der Waals surface area contributed by atoms with Crippen LogP contribution in [0.2, 0.25) is 5.02 Å². The number of hydrogen-bond acceptors (Lipinski definition) is 5. The van der Waals surface area contributed by atoms with Gasteiger partial charge in [-0.25, -0.2) is 4.98 Å². The Morgan fingerprint density at radius 1 is 1.24 bits per heavy atom. The van der Waals surface area contributed by atoms with Crippen molar-refractivity contribution in [2.75, 3.05) is 18.0 Å². The molecule has 0 saturated carbocycles. The Balaban J connectivity index is 1.54. The Labute approximate surface area is 151 Å². The lowest BCUT2D eigenvalue weighted by atomic mass is 9.97. The molecule has 0 aliphatic carbocycles. The quantitative estimate of drug-likeness (QED) is 0.717. The number of anilines is 1. The largest absolute Gasteiger partial charge is 0.355 e. The third-order valence-electron chi connectivity index (χ3n) is 4.69. The van der Waals surface area contributed by atoms with Gasteiger partial charge in [-0.1, -0.05) is 11.6 Å². The van der Waals surface area contributed by atoms with Crippen LogP contribution in [0.15, 0.2) is 36.8 Å². The Hall–Kier alpha value is -2.41. The van der Waals surface area contributed by atoms with E-state index in [4.69, 9.17) is 11.6 Å². The lowest BCUT2D eigenvalue weighted by Gasteiger charge is -2.33. The van der Waals surface area contributed by atoms with Crippen molar-refractivity contribution in [2.24, 2.45) is 7.05 Å². The molecule has 25 heavy (non-hydrogen) atoms. The number of piperidine rings is 1. The Morgan fingerprint density at radius 3 is 2.96 bits per heavy atom. The summed E-state index contributed by atoms with van der Waals surface area (Å²) in [5.74, 6) is 3.09. The molecule has 7 nitrogen and oxygen atoms in total. The number of pyridine rings is 1. The average Bonchev–Trinajstić information content (AvgIpc) is 3.27. The SMILES string of the molecule is Cn1c(Cn2cccn2)nnc1[C@@H]1CCCN(c2ncccc2Cl)C1. The van der Waals surface area contributed by atoms with Crippen LogP contribution in [0.4, 0.5) is 5.82 Å². The molecule has 0 unspecified atom stereocenters. The molecule has 0 spiro atoms. The van der Waals surface area contributed by atoms with E-state index in [9.17, 15) is 0 Å². The van der Waals surface area contributed by atoms with Gasteiger partial charge in [-0.15, -0.1) is 10.2 Å². The normalized spacial score (nSPS) is 17.8. The molecular formula is C17H20ClN7. The Morgan fingerprint density at radius 2 is 2.16 bits per heavy atom. The molecule has 1 aliphatic heterocycles. The van der Waals surface area contributed by atoms with Crippen molar-refractivity contribution in [3.63, 3.8) is 0 Å². The van der Waals surface area contributed by atoms with E-state index in [1.807, 2.05) is 36.1 Å². The smallest absolute Gasteiger partial charge is 0.154 e. The lowest BCUT2D eigenvalue weighted by Crippen LogP contribution is -2.36. The molecular weight excluding hydrogens is 338 g/mol. The van der Waals surface area contributed by atoms with Crippen LogP contribution >= 0.6 is 11.6 Å². The maximum Gasteiger partial charge on any atom is 0.154 e. The second-order valence-electron chi connectivity index (χ2n) is 6.33. The van der Waals surface area contributed by atoms with Crippen molar-refractivity contribution in [3.8, 4) is 0 Å². The number of halogens is 1. The van der Waals surface area contributed by atoms with Gasteiger partial charge < -0.3 is 9.47 Å². The minimum absolute atomic E-state index is 0.315. The predicted molar refractivity (Wildman–Crippen MR) is 95.8 cm³/mol. The molecule has 1 saturated heterocycles. The molecule has 1 fully saturated rings. The van der Waals surface area contributed by atoms with Gasteiger partial charge in [0.2, 0.25) is 0 Å². The van der Waals surface area contributed by atoms with E-state index in [-0.39, 0.29) is 0 Å². The van der Waals surface area contributed by atoms with Gasteiger partial charge >= 0.3 is 0 Å². The van der Waals surface area contributed by atoms with Gasteiger partial charge in [0, 0.05) is 44.6 Å². The van der Waals surface area contributed by atoms with Crippen molar-refractivity contribution in [3.05, 3.63) is 53.5 Å². The van der Waals surface area contributed by atoms with Crippen molar-refractivity contribution in [2.45, 2.75) is 25.3 Å². The van der Waals surface area contributed by atoms with E-state index in [0.29, 0.717) is 17.5 Å². The maximum atomic E-state index is 6.32. The fourth-order valence-electron chi connectivity index (χ4n) is 3.40. The summed E-state index contributed by atoms with van der Waals surface area (Å²) in [5, 5.41) is 13.8. The maximum absolute atomic E-state index is 6.32. The van der Waals surface area contributed by atoms with Crippen LogP contribution in [0, 0.1) is 0 Å². The molecule has 8 heteroatoms. The van der Waals surface area contributed by atoms with Crippen molar-refractivity contribution < 1.29 is 0 Å². The third kappa shape index (κ3) is 3.24. The number of nitrogens with zero attached hydrogens (tertiary/aromatic N) is 7.